The minimum atomic E-state index is -0.464. The zero-order valence-corrected chi connectivity index (χ0v) is 16.5. The van der Waals surface area contributed by atoms with E-state index in [0.717, 1.165) is 18.5 Å². The van der Waals surface area contributed by atoms with Crippen LogP contribution in [0.1, 0.15) is 43.0 Å². The van der Waals surface area contributed by atoms with Crippen molar-refractivity contribution >= 4 is 22.5 Å². The Morgan fingerprint density at radius 1 is 1.20 bits per heavy atom. The number of aromatic nitrogens is 6. The Labute approximate surface area is 171 Å². The molecule has 1 amide bonds. The van der Waals surface area contributed by atoms with Gasteiger partial charge in [0.1, 0.15) is 6.33 Å². The van der Waals surface area contributed by atoms with Crippen molar-refractivity contribution in [2.24, 2.45) is 0 Å². The lowest BCUT2D eigenvalue weighted by molar-refractivity contribution is -0.133. The molecule has 1 saturated heterocycles. The first-order chi connectivity index (χ1) is 14.6. The average Bonchev–Trinajstić information content (AvgIpc) is 3.28. The van der Waals surface area contributed by atoms with Crippen molar-refractivity contribution in [1.82, 2.24) is 34.7 Å². The van der Waals surface area contributed by atoms with Crippen LogP contribution in [-0.2, 0) is 4.79 Å². The van der Waals surface area contributed by atoms with Gasteiger partial charge in [-0.2, -0.15) is 15.2 Å². The zero-order chi connectivity index (χ0) is 20.7. The van der Waals surface area contributed by atoms with Crippen LogP contribution in [0.15, 0.2) is 47.7 Å². The van der Waals surface area contributed by atoms with E-state index < -0.39 is 5.92 Å². The Morgan fingerprint density at radius 3 is 2.90 bits per heavy atom. The molecule has 9 nitrogen and oxygen atoms in total. The predicted molar refractivity (Wildman–Crippen MR) is 110 cm³/mol. The van der Waals surface area contributed by atoms with Crippen LogP contribution in [0.5, 0.6) is 0 Å². The predicted octanol–water partition coefficient (Wildman–Crippen LogP) is 1.87. The highest BCUT2D eigenvalue weighted by Crippen LogP contribution is 2.29. The van der Waals surface area contributed by atoms with Gasteiger partial charge < -0.3 is 4.90 Å². The van der Waals surface area contributed by atoms with Crippen LogP contribution in [0, 0.1) is 0 Å². The molecule has 30 heavy (non-hydrogen) atoms. The van der Waals surface area contributed by atoms with E-state index in [-0.39, 0.29) is 17.4 Å². The molecule has 0 unspecified atom stereocenters. The SMILES string of the molecule is C[C@H](C(=O)N1CCC[C@@H](c2ccnc3ncnn23)C1)c1n[nH]c(=O)c2ccccc12. The molecule has 0 radical (unpaired) electrons. The van der Waals surface area contributed by atoms with Crippen molar-refractivity contribution in [2.75, 3.05) is 13.1 Å². The maximum atomic E-state index is 13.4. The van der Waals surface area contributed by atoms with Crippen molar-refractivity contribution in [3.63, 3.8) is 0 Å². The van der Waals surface area contributed by atoms with E-state index in [1.54, 1.807) is 16.8 Å². The fourth-order valence-electron chi connectivity index (χ4n) is 4.34. The van der Waals surface area contributed by atoms with Gasteiger partial charge in [-0.25, -0.2) is 14.6 Å². The molecule has 1 fully saturated rings. The molecule has 1 N–H and O–H groups in total. The first-order valence-electron chi connectivity index (χ1n) is 10.0. The van der Waals surface area contributed by atoms with Gasteiger partial charge in [-0.05, 0) is 31.9 Å². The quantitative estimate of drug-likeness (QED) is 0.559. The zero-order valence-electron chi connectivity index (χ0n) is 16.5. The number of nitrogens with zero attached hydrogens (tertiary/aromatic N) is 6. The molecule has 1 aromatic carbocycles. The summed E-state index contributed by atoms with van der Waals surface area (Å²) >= 11 is 0. The Hall–Kier alpha value is -3.62. The van der Waals surface area contributed by atoms with Crippen molar-refractivity contribution in [3.05, 3.63) is 64.6 Å². The molecule has 1 aliphatic rings. The molecular weight excluding hydrogens is 382 g/mol. The largest absolute Gasteiger partial charge is 0.341 e. The number of benzene rings is 1. The maximum Gasteiger partial charge on any atom is 0.272 e. The van der Waals surface area contributed by atoms with E-state index in [4.69, 9.17) is 0 Å². The Bertz CT molecular complexity index is 1300. The first-order valence-corrected chi connectivity index (χ1v) is 10.0. The van der Waals surface area contributed by atoms with Gasteiger partial charge in [0, 0.05) is 30.6 Å². The molecule has 0 aliphatic carbocycles. The molecular formula is C21H21N7O2. The molecule has 0 spiro atoms. The summed E-state index contributed by atoms with van der Waals surface area (Å²) in [6.07, 6.45) is 5.10. The third kappa shape index (κ3) is 3.02. The van der Waals surface area contributed by atoms with E-state index in [0.29, 0.717) is 35.3 Å². The van der Waals surface area contributed by atoms with Crippen molar-refractivity contribution in [3.8, 4) is 0 Å². The fraction of sp³-hybridized carbons (Fsp3) is 0.333. The highest BCUT2D eigenvalue weighted by Gasteiger charge is 2.31. The monoisotopic (exact) mass is 403 g/mol. The number of carbonyl (C=O) groups excluding carboxylic acids is 1. The molecule has 5 rings (SSSR count). The normalized spacial score (nSPS) is 18.0. The summed E-state index contributed by atoms with van der Waals surface area (Å²) in [6.45, 7) is 3.15. The summed E-state index contributed by atoms with van der Waals surface area (Å²) in [5.41, 5.74) is 1.36. The summed E-state index contributed by atoms with van der Waals surface area (Å²) in [4.78, 5) is 35.7. The number of aromatic amines is 1. The molecule has 9 heteroatoms. The Balaban J connectivity index is 1.43. The van der Waals surface area contributed by atoms with Gasteiger partial charge in [0.15, 0.2) is 0 Å². The molecule has 2 atom stereocenters. The van der Waals surface area contributed by atoms with E-state index >= 15 is 0 Å². The first kappa shape index (κ1) is 18.4. The molecule has 1 aliphatic heterocycles. The summed E-state index contributed by atoms with van der Waals surface area (Å²) in [7, 11) is 0. The second-order valence-electron chi connectivity index (χ2n) is 7.67. The molecule has 4 aromatic rings. The number of hydrogen-bond donors (Lipinski definition) is 1. The van der Waals surface area contributed by atoms with Gasteiger partial charge in [0.2, 0.25) is 5.91 Å². The summed E-state index contributed by atoms with van der Waals surface area (Å²) < 4.78 is 1.75. The van der Waals surface area contributed by atoms with Crippen LogP contribution >= 0.6 is 0 Å². The van der Waals surface area contributed by atoms with E-state index in [1.165, 1.54) is 6.33 Å². The minimum Gasteiger partial charge on any atom is -0.341 e. The Morgan fingerprint density at radius 2 is 2.03 bits per heavy atom. The van der Waals surface area contributed by atoms with Gasteiger partial charge in [-0.15, -0.1) is 0 Å². The van der Waals surface area contributed by atoms with Crippen LogP contribution in [-0.4, -0.2) is 53.7 Å². The standard InChI is InChI=1S/C21H21N7O2/c1-13(18-15-6-2-3-7-16(15)19(29)26-25-18)20(30)27-10-4-5-14(11-27)17-8-9-22-21-23-12-24-28(17)21/h2-3,6-9,12-14H,4-5,10-11H2,1H3,(H,26,29)/t13-,14+/m0/s1. The average molecular weight is 403 g/mol. The topological polar surface area (TPSA) is 109 Å². The minimum absolute atomic E-state index is 0.00768. The van der Waals surface area contributed by atoms with Gasteiger partial charge in [-0.3, -0.25) is 9.59 Å². The van der Waals surface area contributed by atoms with Crippen LogP contribution < -0.4 is 5.56 Å². The van der Waals surface area contributed by atoms with E-state index in [2.05, 4.69) is 25.3 Å². The molecule has 4 heterocycles. The fourth-order valence-corrected chi connectivity index (χ4v) is 4.34. The number of carbonyl (C=O) groups is 1. The number of likely N-dealkylation sites (tertiary alicyclic amines) is 1. The summed E-state index contributed by atoms with van der Waals surface area (Å²) in [5.74, 6) is 0.262. The number of hydrogen-bond acceptors (Lipinski definition) is 6. The van der Waals surface area contributed by atoms with E-state index in [1.807, 2.05) is 36.1 Å². The second kappa shape index (κ2) is 7.33. The van der Waals surface area contributed by atoms with Gasteiger partial charge >= 0.3 is 0 Å². The lowest BCUT2D eigenvalue weighted by atomic mass is 9.92. The number of piperidine rings is 1. The maximum absolute atomic E-state index is 13.4. The van der Waals surface area contributed by atoms with Gasteiger partial charge in [0.25, 0.3) is 11.3 Å². The third-order valence-electron chi connectivity index (χ3n) is 5.87. The Kier molecular flexibility index (Phi) is 4.50. The molecule has 0 bridgehead atoms. The summed E-state index contributed by atoms with van der Waals surface area (Å²) in [5, 5.41) is 12.3. The van der Waals surface area contributed by atoms with Gasteiger partial charge in [0.05, 0.1) is 22.7 Å². The number of nitrogens with one attached hydrogen (secondary N) is 1. The van der Waals surface area contributed by atoms with Crippen LogP contribution in [0.3, 0.4) is 0 Å². The van der Waals surface area contributed by atoms with E-state index in [9.17, 15) is 9.59 Å². The van der Waals surface area contributed by atoms with Crippen LogP contribution in [0.4, 0.5) is 0 Å². The molecule has 3 aromatic heterocycles. The number of rotatable bonds is 3. The van der Waals surface area contributed by atoms with Crippen LogP contribution in [0.2, 0.25) is 0 Å². The number of amides is 1. The third-order valence-corrected chi connectivity index (χ3v) is 5.87. The highest BCUT2D eigenvalue weighted by atomic mass is 16.2. The lowest BCUT2D eigenvalue weighted by Crippen LogP contribution is -2.41. The lowest BCUT2D eigenvalue weighted by Gasteiger charge is -2.34. The van der Waals surface area contributed by atoms with Crippen molar-refractivity contribution in [1.29, 1.82) is 0 Å². The second-order valence-corrected chi connectivity index (χ2v) is 7.67. The molecule has 0 saturated carbocycles. The molecule has 152 valence electrons. The van der Waals surface area contributed by atoms with Crippen LogP contribution in [0.25, 0.3) is 16.6 Å². The van der Waals surface area contributed by atoms with Crippen molar-refractivity contribution < 1.29 is 4.79 Å². The number of H-pyrrole nitrogens is 1. The van der Waals surface area contributed by atoms with Gasteiger partial charge in [-0.1, -0.05) is 18.2 Å². The summed E-state index contributed by atoms with van der Waals surface area (Å²) in [6, 6.07) is 9.20. The smallest absolute Gasteiger partial charge is 0.272 e. The van der Waals surface area contributed by atoms with Crippen molar-refractivity contribution in [2.45, 2.75) is 31.6 Å². The number of fused-ring (bicyclic) bond motifs is 2. The highest BCUT2D eigenvalue weighted by molar-refractivity contribution is 5.91.